The second kappa shape index (κ2) is 7.95. The quantitative estimate of drug-likeness (QED) is 0.428. The molecule has 0 spiro atoms. The van der Waals surface area contributed by atoms with Crippen molar-refractivity contribution in [3.8, 4) is 5.75 Å². The highest BCUT2D eigenvalue weighted by Gasteiger charge is 2.38. The number of oxime groups is 1. The molecule has 0 amide bonds. The van der Waals surface area contributed by atoms with Crippen molar-refractivity contribution in [3.05, 3.63) is 64.2 Å². The van der Waals surface area contributed by atoms with Crippen molar-refractivity contribution in [1.82, 2.24) is 0 Å². The average molecular weight is 388 g/mol. The standard InChI is InChI=1S/C15H11F3N2O5S/c1-24-12-6-2-10(3-7-12)14(15(16,17)18)19-25-26(23)13-8-4-11(5-9-13)20(21)22/h2-9H,1H3. The molecule has 0 aromatic heterocycles. The summed E-state index contributed by atoms with van der Waals surface area (Å²) in [5.74, 6) is 0.352. The van der Waals surface area contributed by atoms with E-state index in [9.17, 15) is 27.5 Å². The predicted molar refractivity (Wildman–Crippen MR) is 86.2 cm³/mol. The van der Waals surface area contributed by atoms with Crippen LogP contribution in [0.25, 0.3) is 0 Å². The van der Waals surface area contributed by atoms with E-state index in [-0.39, 0.29) is 16.1 Å². The topological polar surface area (TPSA) is 91.0 Å². The van der Waals surface area contributed by atoms with Gasteiger partial charge in [-0.3, -0.25) is 14.4 Å². The van der Waals surface area contributed by atoms with E-state index in [1.807, 2.05) is 0 Å². The molecule has 2 aromatic carbocycles. The van der Waals surface area contributed by atoms with Crippen LogP contribution in [0.5, 0.6) is 5.75 Å². The van der Waals surface area contributed by atoms with Crippen LogP contribution in [0.3, 0.4) is 0 Å². The maximum Gasteiger partial charge on any atom is 0.437 e. The molecule has 0 aliphatic heterocycles. The maximum atomic E-state index is 13.2. The van der Waals surface area contributed by atoms with Gasteiger partial charge in [-0.15, -0.1) is 0 Å². The van der Waals surface area contributed by atoms with E-state index in [1.54, 1.807) is 0 Å². The zero-order valence-corrected chi connectivity index (χ0v) is 13.9. The lowest BCUT2D eigenvalue weighted by atomic mass is 10.1. The van der Waals surface area contributed by atoms with Crippen LogP contribution in [0.4, 0.5) is 18.9 Å². The lowest BCUT2D eigenvalue weighted by molar-refractivity contribution is -0.384. The summed E-state index contributed by atoms with van der Waals surface area (Å²) in [5.41, 5.74) is -1.95. The van der Waals surface area contributed by atoms with Gasteiger partial charge in [-0.2, -0.15) is 13.2 Å². The molecular weight excluding hydrogens is 377 g/mol. The summed E-state index contributed by atoms with van der Waals surface area (Å²) in [6, 6.07) is 9.18. The van der Waals surface area contributed by atoms with Crippen molar-refractivity contribution in [3.63, 3.8) is 0 Å². The van der Waals surface area contributed by atoms with Crippen molar-refractivity contribution in [1.29, 1.82) is 0 Å². The highest BCUT2D eigenvalue weighted by Crippen LogP contribution is 2.25. The monoisotopic (exact) mass is 388 g/mol. The Kier molecular flexibility index (Phi) is 5.93. The number of ether oxygens (including phenoxy) is 1. The fourth-order valence-electron chi connectivity index (χ4n) is 1.81. The molecule has 0 saturated carbocycles. The van der Waals surface area contributed by atoms with Gasteiger partial charge in [0.2, 0.25) is 0 Å². The Morgan fingerprint density at radius 2 is 1.69 bits per heavy atom. The van der Waals surface area contributed by atoms with Crippen LogP contribution in [0.2, 0.25) is 0 Å². The number of nitro benzene ring substituents is 1. The molecule has 1 unspecified atom stereocenters. The molecule has 0 aliphatic carbocycles. The minimum Gasteiger partial charge on any atom is -0.497 e. The summed E-state index contributed by atoms with van der Waals surface area (Å²) in [6.07, 6.45) is -4.85. The Hall–Kier alpha value is -2.95. The molecule has 2 aromatic rings. The number of nitro groups is 1. The molecule has 7 nitrogen and oxygen atoms in total. The third-order valence-corrected chi connectivity index (χ3v) is 3.94. The van der Waals surface area contributed by atoms with Crippen LogP contribution < -0.4 is 4.74 Å². The van der Waals surface area contributed by atoms with Crippen molar-refractivity contribution >= 4 is 22.5 Å². The fraction of sp³-hybridized carbons (Fsp3) is 0.133. The van der Waals surface area contributed by atoms with Gasteiger partial charge >= 0.3 is 6.18 Å². The molecule has 0 saturated heterocycles. The number of methoxy groups -OCH3 is 1. The van der Waals surface area contributed by atoms with Gasteiger partial charge < -0.3 is 4.74 Å². The second-order valence-corrected chi connectivity index (χ2v) is 5.82. The minimum absolute atomic E-state index is 0.0735. The van der Waals surface area contributed by atoms with E-state index in [1.165, 1.54) is 19.2 Å². The predicted octanol–water partition coefficient (Wildman–Crippen LogP) is 3.61. The highest BCUT2D eigenvalue weighted by atomic mass is 32.2. The Balaban J connectivity index is 2.24. The molecule has 138 valence electrons. The van der Waals surface area contributed by atoms with Crippen LogP contribution >= 0.6 is 0 Å². The first-order valence-electron chi connectivity index (χ1n) is 6.85. The first-order valence-corrected chi connectivity index (χ1v) is 7.93. The molecule has 0 heterocycles. The van der Waals surface area contributed by atoms with Crippen molar-refractivity contribution < 1.29 is 31.3 Å². The molecule has 0 radical (unpaired) electrons. The fourth-order valence-corrected chi connectivity index (χ4v) is 2.40. The first kappa shape index (κ1) is 19.4. The summed E-state index contributed by atoms with van der Waals surface area (Å²) in [4.78, 5) is 9.81. The lowest BCUT2D eigenvalue weighted by Crippen LogP contribution is -2.24. The van der Waals surface area contributed by atoms with Crippen LogP contribution in [-0.4, -0.2) is 28.1 Å². The summed E-state index contributed by atoms with van der Waals surface area (Å²) in [5, 5.41) is 13.5. The summed E-state index contributed by atoms with van der Waals surface area (Å²) >= 11 is -2.37. The SMILES string of the molecule is COc1ccc(C(=NOS(=O)c2ccc([N+](=O)[O-])cc2)C(F)(F)F)cc1. The van der Waals surface area contributed by atoms with E-state index in [4.69, 9.17) is 4.74 Å². The molecule has 0 bridgehead atoms. The maximum absolute atomic E-state index is 13.2. The third-order valence-electron chi connectivity index (χ3n) is 3.07. The normalized spacial score (nSPS) is 13.2. The number of hydrogen-bond donors (Lipinski definition) is 0. The molecule has 0 N–H and O–H groups in total. The lowest BCUT2D eigenvalue weighted by Gasteiger charge is -2.10. The van der Waals surface area contributed by atoms with Gasteiger partial charge in [0.05, 0.1) is 16.9 Å². The van der Waals surface area contributed by atoms with Gasteiger partial charge in [0.1, 0.15) is 5.75 Å². The molecule has 2 rings (SSSR count). The summed E-state index contributed by atoms with van der Waals surface area (Å²) in [6.45, 7) is 0. The second-order valence-electron chi connectivity index (χ2n) is 4.73. The van der Waals surface area contributed by atoms with Gasteiger partial charge in [-0.05, 0) is 36.4 Å². The summed E-state index contributed by atoms with van der Waals surface area (Å²) < 4.78 is 60.7. The van der Waals surface area contributed by atoms with Gasteiger partial charge in [-0.1, -0.05) is 5.16 Å². The van der Waals surface area contributed by atoms with E-state index >= 15 is 0 Å². The average Bonchev–Trinajstić information content (AvgIpc) is 2.61. The largest absolute Gasteiger partial charge is 0.497 e. The number of hydrogen-bond acceptors (Lipinski definition) is 6. The van der Waals surface area contributed by atoms with Crippen molar-refractivity contribution in [2.24, 2.45) is 5.16 Å². The van der Waals surface area contributed by atoms with E-state index in [0.29, 0.717) is 5.75 Å². The minimum atomic E-state index is -4.85. The first-order chi connectivity index (χ1) is 12.2. The number of halogens is 3. The Bertz CT molecular complexity index is 836. The van der Waals surface area contributed by atoms with Crippen LogP contribution in [0, 0.1) is 10.1 Å². The molecular formula is C15H11F3N2O5S. The Labute approximate surface area is 147 Å². The number of nitrogens with zero attached hydrogens (tertiary/aromatic N) is 2. The van der Waals surface area contributed by atoms with Crippen LogP contribution in [0.15, 0.2) is 58.6 Å². The van der Waals surface area contributed by atoms with Gasteiger partial charge in [0, 0.05) is 17.7 Å². The van der Waals surface area contributed by atoms with Crippen molar-refractivity contribution in [2.75, 3.05) is 7.11 Å². The summed E-state index contributed by atoms with van der Waals surface area (Å²) in [7, 11) is 1.37. The van der Waals surface area contributed by atoms with Gasteiger partial charge in [0.15, 0.2) is 5.71 Å². The molecule has 1 atom stereocenters. The number of benzene rings is 2. The van der Waals surface area contributed by atoms with Gasteiger partial charge in [0.25, 0.3) is 16.8 Å². The van der Waals surface area contributed by atoms with Crippen LogP contribution in [-0.2, 0) is 15.4 Å². The number of rotatable bonds is 6. The van der Waals surface area contributed by atoms with Crippen molar-refractivity contribution in [2.45, 2.75) is 11.1 Å². The molecule has 0 fully saturated rings. The smallest absolute Gasteiger partial charge is 0.437 e. The van der Waals surface area contributed by atoms with E-state index in [2.05, 4.69) is 9.44 Å². The zero-order valence-electron chi connectivity index (χ0n) is 13.1. The number of non-ortho nitro benzene ring substituents is 1. The molecule has 0 aliphatic rings. The Morgan fingerprint density at radius 3 is 2.15 bits per heavy atom. The number of alkyl halides is 3. The molecule has 26 heavy (non-hydrogen) atoms. The van der Waals surface area contributed by atoms with Gasteiger partial charge in [-0.25, -0.2) is 4.21 Å². The van der Waals surface area contributed by atoms with Crippen LogP contribution in [0.1, 0.15) is 5.56 Å². The Morgan fingerprint density at radius 1 is 1.12 bits per heavy atom. The zero-order chi connectivity index (χ0) is 19.3. The third kappa shape index (κ3) is 4.79. The van der Waals surface area contributed by atoms with E-state index < -0.39 is 27.9 Å². The molecule has 11 heteroatoms. The van der Waals surface area contributed by atoms with E-state index in [0.717, 1.165) is 36.4 Å². The highest BCUT2D eigenvalue weighted by molar-refractivity contribution is 7.80.